The number of carbonyl (C=O) groups is 1. The third-order valence-electron chi connectivity index (χ3n) is 6.85. The quantitative estimate of drug-likeness (QED) is 0.255. The van der Waals surface area contributed by atoms with Gasteiger partial charge >= 0.3 is 0 Å². The molecule has 0 aliphatic heterocycles. The van der Waals surface area contributed by atoms with Crippen molar-refractivity contribution in [2.24, 2.45) is 22.7 Å². The average Bonchev–Trinajstić information content (AvgIpc) is 2.79. The summed E-state index contributed by atoms with van der Waals surface area (Å²) in [6, 6.07) is 3.61. The lowest BCUT2D eigenvalue weighted by Crippen LogP contribution is -2.62. The van der Waals surface area contributed by atoms with E-state index in [0.29, 0.717) is 0 Å². The number of thioether (sulfide) groups is 1. The highest BCUT2D eigenvalue weighted by atomic mass is 35.5. The fraction of sp³-hybridized carbons (Fsp3) is 0.667. The lowest BCUT2D eigenvalue weighted by atomic mass is 9.53. The number of carboxylic acids is 1. The second-order valence-corrected chi connectivity index (χ2v) is 10.2. The number of aliphatic carboxylic acids is 1. The summed E-state index contributed by atoms with van der Waals surface area (Å²) < 4.78 is 10.6. The summed E-state index contributed by atoms with van der Waals surface area (Å²) in [5.41, 5.74) is -2.64. The van der Waals surface area contributed by atoms with E-state index in [0.717, 1.165) is 37.4 Å². The first-order valence-corrected chi connectivity index (χ1v) is 12.6. The van der Waals surface area contributed by atoms with Crippen LogP contribution in [-0.2, 0) is 4.79 Å². The zero-order valence-electron chi connectivity index (χ0n) is 20.1. The summed E-state index contributed by atoms with van der Waals surface area (Å²) in [7, 11) is 2.96. The van der Waals surface area contributed by atoms with Gasteiger partial charge in [-0.2, -0.15) is 15.2 Å². The van der Waals surface area contributed by atoms with Crippen LogP contribution in [0.4, 0.5) is 0 Å². The Balaban J connectivity index is 2.83. The van der Waals surface area contributed by atoms with Gasteiger partial charge in [-0.25, -0.2) is 0 Å². The number of carboxylic acid groups (broad SMARTS) is 1. The number of hydrogen-bond donors (Lipinski definition) is 0. The SMILES string of the molecule is CCCC(C)C1(C(C)CCC)C(Cl)C=CC(C#N)(C(=O)[O-])C1Sc1nc(OC)cc(OC)n1. The highest BCUT2D eigenvalue weighted by Crippen LogP contribution is 2.61. The van der Waals surface area contributed by atoms with E-state index in [2.05, 4.69) is 43.7 Å². The molecule has 0 saturated heterocycles. The normalized spacial score (nSPS) is 28.5. The predicted molar refractivity (Wildman–Crippen MR) is 127 cm³/mol. The van der Waals surface area contributed by atoms with Crippen LogP contribution in [0, 0.1) is 34.0 Å². The molecule has 9 heteroatoms. The molecule has 7 nitrogen and oxygen atoms in total. The molecule has 0 saturated carbocycles. The third-order valence-corrected chi connectivity index (χ3v) is 8.78. The van der Waals surface area contributed by atoms with E-state index in [1.807, 2.05) is 0 Å². The Kier molecular flexibility index (Phi) is 9.45. The van der Waals surface area contributed by atoms with E-state index in [1.54, 1.807) is 6.08 Å². The molecule has 0 bridgehead atoms. The molecule has 0 fully saturated rings. The Labute approximate surface area is 205 Å². The second kappa shape index (κ2) is 11.4. The minimum absolute atomic E-state index is 0.0218. The predicted octanol–water partition coefficient (Wildman–Crippen LogP) is 4.25. The van der Waals surface area contributed by atoms with E-state index in [1.165, 1.54) is 26.4 Å². The van der Waals surface area contributed by atoms with Gasteiger partial charge in [0.05, 0.1) is 37.7 Å². The van der Waals surface area contributed by atoms with E-state index in [-0.39, 0.29) is 28.8 Å². The van der Waals surface area contributed by atoms with Crippen molar-refractivity contribution in [3.8, 4) is 17.8 Å². The molecule has 1 aliphatic carbocycles. The number of rotatable bonds is 11. The van der Waals surface area contributed by atoms with Gasteiger partial charge < -0.3 is 19.4 Å². The minimum atomic E-state index is -1.90. The van der Waals surface area contributed by atoms with Gasteiger partial charge in [0.15, 0.2) is 5.16 Å². The Morgan fingerprint density at radius 3 is 2.12 bits per heavy atom. The number of nitriles is 1. The number of allylic oxidation sites excluding steroid dienone is 1. The lowest BCUT2D eigenvalue weighted by Gasteiger charge is -2.57. The topological polar surface area (TPSA) is 108 Å². The zero-order valence-corrected chi connectivity index (χ0v) is 21.7. The van der Waals surface area contributed by atoms with Crippen LogP contribution in [0.15, 0.2) is 23.4 Å². The van der Waals surface area contributed by atoms with Crippen molar-refractivity contribution >= 4 is 29.3 Å². The van der Waals surface area contributed by atoms with Gasteiger partial charge in [0.1, 0.15) is 5.41 Å². The number of hydrogen-bond acceptors (Lipinski definition) is 8. The molecule has 1 aliphatic rings. The molecule has 1 heterocycles. The van der Waals surface area contributed by atoms with Gasteiger partial charge in [-0.15, -0.1) is 11.6 Å². The minimum Gasteiger partial charge on any atom is -0.548 e. The smallest absolute Gasteiger partial charge is 0.220 e. The molecule has 5 atom stereocenters. The molecular weight excluding hydrogens is 462 g/mol. The van der Waals surface area contributed by atoms with E-state index in [9.17, 15) is 15.2 Å². The van der Waals surface area contributed by atoms with Crippen LogP contribution >= 0.6 is 23.4 Å². The fourth-order valence-corrected chi connectivity index (χ4v) is 7.63. The molecule has 0 N–H and O–H groups in total. The van der Waals surface area contributed by atoms with E-state index < -0.39 is 27.4 Å². The number of methoxy groups -OCH3 is 2. The molecule has 0 amide bonds. The number of halogens is 1. The Morgan fingerprint density at radius 1 is 1.21 bits per heavy atom. The molecule has 1 aromatic rings. The zero-order chi connectivity index (χ0) is 24.8. The summed E-state index contributed by atoms with van der Waals surface area (Å²) in [6.45, 7) is 8.38. The Morgan fingerprint density at radius 2 is 1.73 bits per heavy atom. The van der Waals surface area contributed by atoms with Crippen LogP contribution in [0.1, 0.15) is 53.4 Å². The van der Waals surface area contributed by atoms with Gasteiger partial charge in [-0.05, 0) is 11.8 Å². The van der Waals surface area contributed by atoms with E-state index >= 15 is 0 Å². The van der Waals surface area contributed by atoms with Gasteiger partial charge in [0, 0.05) is 10.7 Å². The van der Waals surface area contributed by atoms with Crippen molar-refractivity contribution in [2.75, 3.05) is 14.2 Å². The molecule has 0 radical (unpaired) electrons. The maximum Gasteiger partial charge on any atom is 0.220 e. The van der Waals surface area contributed by atoms with Crippen molar-refractivity contribution < 1.29 is 19.4 Å². The van der Waals surface area contributed by atoms with Crippen LogP contribution in [0.2, 0.25) is 0 Å². The van der Waals surface area contributed by atoms with Crippen molar-refractivity contribution in [3.05, 3.63) is 18.2 Å². The second-order valence-electron chi connectivity index (χ2n) is 8.64. The Bertz CT molecular complexity index is 872. The lowest BCUT2D eigenvalue weighted by molar-refractivity contribution is -0.315. The maximum absolute atomic E-state index is 12.6. The van der Waals surface area contributed by atoms with Crippen LogP contribution in [-0.4, -0.2) is 40.8 Å². The Hall–Kier alpha value is -1.98. The molecule has 5 unspecified atom stereocenters. The number of ether oxygens (including phenoxy) is 2. The monoisotopic (exact) mass is 494 g/mol. The molecule has 182 valence electrons. The van der Waals surface area contributed by atoms with Gasteiger partial charge in [-0.1, -0.05) is 77.3 Å². The fourth-order valence-electron chi connectivity index (χ4n) is 5.20. The van der Waals surface area contributed by atoms with Crippen molar-refractivity contribution in [3.63, 3.8) is 0 Å². The van der Waals surface area contributed by atoms with Crippen LogP contribution in [0.5, 0.6) is 11.8 Å². The number of aromatic nitrogens is 2. The van der Waals surface area contributed by atoms with Crippen molar-refractivity contribution in [1.82, 2.24) is 9.97 Å². The van der Waals surface area contributed by atoms with E-state index in [4.69, 9.17) is 21.1 Å². The van der Waals surface area contributed by atoms with Gasteiger partial charge in [-0.3, -0.25) is 0 Å². The molecule has 33 heavy (non-hydrogen) atoms. The number of nitrogens with zero attached hydrogens (tertiary/aromatic N) is 3. The number of carbonyl (C=O) groups excluding carboxylic acids is 1. The molecule has 1 aromatic heterocycles. The summed E-state index contributed by atoms with van der Waals surface area (Å²) in [6.07, 6.45) is 6.54. The summed E-state index contributed by atoms with van der Waals surface area (Å²) in [5, 5.41) is 21.8. The van der Waals surface area contributed by atoms with Crippen molar-refractivity contribution in [1.29, 1.82) is 5.26 Å². The molecule has 2 rings (SSSR count). The van der Waals surface area contributed by atoms with Crippen LogP contribution in [0.25, 0.3) is 0 Å². The largest absolute Gasteiger partial charge is 0.548 e. The first-order valence-electron chi connectivity index (χ1n) is 11.3. The van der Waals surface area contributed by atoms with Crippen molar-refractivity contribution in [2.45, 2.75) is 69.2 Å². The maximum atomic E-state index is 12.6. The molecule has 0 aromatic carbocycles. The van der Waals surface area contributed by atoms with Gasteiger partial charge in [0.2, 0.25) is 11.8 Å². The van der Waals surface area contributed by atoms with Crippen LogP contribution in [0.3, 0.4) is 0 Å². The standard InChI is InChI=1S/C24H34ClN3O4S/c1-7-9-15(3)24(16(4)10-8-2)17(25)11-12-23(14-26,21(29)30)20(24)33-22-27-18(31-5)13-19(28-22)32-6/h11-13,15-17,20H,7-10H2,1-6H3,(H,29,30)/p-1. The number of alkyl halides is 1. The average molecular weight is 495 g/mol. The molecular formula is C24H33ClN3O4S-. The third kappa shape index (κ3) is 4.95. The summed E-state index contributed by atoms with van der Waals surface area (Å²) in [5.74, 6) is -0.845. The highest BCUT2D eigenvalue weighted by Gasteiger charge is 2.61. The molecule has 0 spiro atoms. The van der Waals surface area contributed by atoms with Crippen LogP contribution < -0.4 is 14.6 Å². The first kappa shape index (κ1) is 27.3. The highest BCUT2D eigenvalue weighted by molar-refractivity contribution is 7.99. The summed E-state index contributed by atoms with van der Waals surface area (Å²) in [4.78, 5) is 21.4. The summed E-state index contributed by atoms with van der Waals surface area (Å²) >= 11 is 8.20. The first-order chi connectivity index (χ1) is 15.7. The van der Waals surface area contributed by atoms with Gasteiger partial charge in [0.25, 0.3) is 0 Å².